The molecule has 1 atom stereocenters. The number of H-pyrrole nitrogens is 1. The molecule has 0 aliphatic carbocycles. The van der Waals surface area contributed by atoms with Crippen LogP contribution in [0.2, 0.25) is 0 Å². The first-order valence-corrected chi connectivity index (χ1v) is 9.11. The van der Waals surface area contributed by atoms with Crippen molar-refractivity contribution in [1.82, 2.24) is 24.6 Å². The highest BCUT2D eigenvalue weighted by Gasteiger charge is 2.31. The van der Waals surface area contributed by atoms with Crippen LogP contribution in [0.5, 0.6) is 0 Å². The topological polar surface area (TPSA) is 122 Å². The van der Waals surface area contributed by atoms with Gasteiger partial charge in [0.15, 0.2) is 0 Å². The van der Waals surface area contributed by atoms with E-state index in [4.69, 9.17) is 4.74 Å². The molecule has 3 rings (SSSR count). The van der Waals surface area contributed by atoms with Gasteiger partial charge in [0.05, 0.1) is 12.1 Å². The molecule has 0 saturated carbocycles. The van der Waals surface area contributed by atoms with Gasteiger partial charge in [0.2, 0.25) is 11.9 Å². The molecule has 28 heavy (non-hydrogen) atoms. The van der Waals surface area contributed by atoms with E-state index >= 15 is 0 Å². The first-order chi connectivity index (χ1) is 13.2. The third-order valence-electron chi connectivity index (χ3n) is 4.21. The van der Waals surface area contributed by atoms with Crippen LogP contribution in [0.4, 0.5) is 10.5 Å². The molecule has 2 aromatic heterocycles. The van der Waals surface area contributed by atoms with Gasteiger partial charge >= 0.3 is 6.09 Å². The highest BCUT2D eigenvalue weighted by molar-refractivity contribution is 5.92. The summed E-state index contributed by atoms with van der Waals surface area (Å²) < 4.78 is 6.78. The number of aromatic nitrogens is 4. The molecule has 2 aromatic rings. The SMILES string of the molecule is CC(C)(C)OC(=O)N1CCCC(C(=O)Nc2cnc(-n3cccn3)[nH]c2=O)C1. The number of nitrogens with one attached hydrogen (secondary N) is 2. The summed E-state index contributed by atoms with van der Waals surface area (Å²) in [4.78, 5) is 45.3. The Morgan fingerprint density at radius 1 is 1.36 bits per heavy atom. The number of carbonyl (C=O) groups excluding carboxylic acids is 2. The maximum atomic E-state index is 12.6. The Hall–Kier alpha value is -3.17. The second-order valence-corrected chi connectivity index (χ2v) is 7.65. The smallest absolute Gasteiger partial charge is 0.410 e. The first-order valence-electron chi connectivity index (χ1n) is 9.11. The molecule has 0 aromatic carbocycles. The molecule has 2 amide bonds. The number of carbonyl (C=O) groups is 2. The zero-order chi connectivity index (χ0) is 20.3. The van der Waals surface area contributed by atoms with E-state index in [0.29, 0.717) is 19.4 Å². The van der Waals surface area contributed by atoms with Gasteiger partial charge in [-0.3, -0.25) is 14.6 Å². The van der Waals surface area contributed by atoms with Gasteiger partial charge in [-0.15, -0.1) is 0 Å². The van der Waals surface area contributed by atoms with Crippen molar-refractivity contribution in [3.63, 3.8) is 0 Å². The highest BCUT2D eigenvalue weighted by atomic mass is 16.6. The monoisotopic (exact) mass is 388 g/mol. The fraction of sp³-hybridized carbons (Fsp3) is 0.500. The second-order valence-electron chi connectivity index (χ2n) is 7.65. The van der Waals surface area contributed by atoms with Crippen molar-refractivity contribution < 1.29 is 14.3 Å². The predicted molar refractivity (Wildman–Crippen MR) is 101 cm³/mol. The van der Waals surface area contributed by atoms with Gasteiger partial charge in [0.1, 0.15) is 11.3 Å². The van der Waals surface area contributed by atoms with Crippen molar-refractivity contribution >= 4 is 17.7 Å². The molecular formula is C18H24N6O4. The zero-order valence-corrected chi connectivity index (χ0v) is 16.1. The molecule has 0 bridgehead atoms. The van der Waals surface area contributed by atoms with Crippen molar-refractivity contribution in [2.45, 2.75) is 39.2 Å². The van der Waals surface area contributed by atoms with Gasteiger partial charge in [-0.2, -0.15) is 5.10 Å². The van der Waals surface area contributed by atoms with Gasteiger partial charge in [0.25, 0.3) is 5.56 Å². The van der Waals surface area contributed by atoms with Crippen LogP contribution in [-0.4, -0.2) is 55.3 Å². The Kier molecular flexibility index (Phi) is 5.48. The van der Waals surface area contributed by atoms with Crippen LogP contribution < -0.4 is 10.9 Å². The summed E-state index contributed by atoms with van der Waals surface area (Å²) in [5.74, 6) is -0.499. The Morgan fingerprint density at radius 3 is 2.79 bits per heavy atom. The van der Waals surface area contributed by atoms with E-state index in [1.165, 1.54) is 15.8 Å². The average molecular weight is 388 g/mol. The predicted octanol–water partition coefficient (Wildman–Crippen LogP) is 1.54. The number of likely N-dealkylation sites (tertiary alicyclic amines) is 1. The Morgan fingerprint density at radius 2 is 2.14 bits per heavy atom. The lowest BCUT2D eigenvalue weighted by molar-refractivity contribution is -0.121. The summed E-state index contributed by atoms with van der Waals surface area (Å²) in [6, 6.07) is 1.70. The van der Waals surface area contributed by atoms with Crippen molar-refractivity contribution in [1.29, 1.82) is 0 Å². The fourth-order valence-corrected chi connectivity index (χ4v) is 2.90. The first kappa shape index (κ1) is 19.6. The largest absolute Gasteiger partial charge is 0.444 e. The molecule has 1 aliphatic heterocycles. The normalized spacial score (nSPS) is 17.2. The van der Waals surface area contributed by atoms with Crippen LogP contribution >= 0.6 is 0 Å². The molecule has 3 heterocycles. The standard InChI is InChI=1S/C18H24N6O4/c1-18(2,3)28-17(27)23-8-4-6-12(11-23)14(25)21-13-10-19-16(22-15(13)26)24-9-5-7-20-24/h5,7,9-10,12H,4,6,8,11H2,1-3H3,(H,21,25)(H,19,22,26). The third kappa shape index (κ3) is 4.76. The van der Waals surface area contributed by atoms with E-state index < -0.39 is 23.2 Å². The number of piperidine rings is 1. The van der Waals surface area contributed by atoms with E-state index in [9.17, 15) is 14.4 Å². The molecule has 0 radical (unpaired) electrons. The van der Waals surface area contributed by atoms with Crippen LogP contribution in [0.1, 0.15) is 33.6 Å². The number of anilines is 1. The minimum absolute atomic E-state index is 0.0512. The van der Waals surface area contributed by atoms with Crippen molar-refractivity contribution in [3.8, 4) is 5.95 Å². The molecular weight excluding hydrogens is 364 g/mol. The number of rotatable bonds is 3. The minimum Gasteiger partial charge on any atom is -0.444 e. The highest BCUT2D eigenvalue weighted by Crippen LogP contribution is 2.20. The number of nitrogens with zero attached hydrogens (tertiary/aromatic N) is 4. The minimum atomic E-state index is -0.596. The fourth-order valence-electron chi connectivity index (χ4n) is 2.90. The lowest BCUT2D eigenvalue weighted by Crippen LogP contribution is -2.46. The molecule has 150 valence electrons. The van der Waals surface area contributed by atoms with E-state index in [1.54, 1.807) is 39.2 Å². The molecule has 2 N–H and O–H groups in total. The van der Waals surface area contributed by atoms with Gasteiger partial charge in [0, 0.05) is 25.5 Å². The van der Waals surface area contributed by atoms with Crippen LogP contribution in [0, 0.1) is 5.92 Å². The van der Waals surface area contributed by atoms with Crippen LogP contribution in [0.25, 0.3) is 5.95 Å². The van der Waals surface area contributed by atoms with Gasteiger partial charge in [-0.05, 0) is 39.7 Å². The van der Waals surface area contributed by atoms with E-state index in [0.717, 1.165) is 0 Å². The zero-order valence-electron chi connectivity index (χ0n) is 16.1. The molecule has 10 heteroatoms. The lowest BCUT2D eigenvalue weighted by atomic mass is 9.97. The summed E-state index contributed by atoms with van der Waals surface area (Å²) in [5.41, 5.74) is -1.02. The second kappa shape index (κ2) is 7.83. The van der Waals surface area contributed by atoms with Gasteiger partial charge in [-0.1, -0.05) is 0 Å². The Labute approximate surface area is 161 Å². The van der Waals surface area contributed by atoms with Gasteiger partial charge in [-0.25, -0.2) is 14.5 Å². The molecule has 1 unspecified atom stereocenters. The Balaban J connectivity index is 1.64. The number of hydrogen-bond acceptors (Lipinski definition) is 6. The summed E-state index contributed by atoms with van der Waals surface area (Å²) in [7, 11) is 0. The van der Waals surface area contributed by atoms with Crippen molar-refractivity contribution in [3.05, 3.63) is 35.0 Å². The van der Waals surface area contributed by atoms with Gasteiger partial charge < -0.3 is 15.0 Å². The van der Waals surface area contributed by atoms with Crippen LogP contribution in [-0.2, 0) is 9.53 Å². The van der Waals surface area contributed by atoms with Crippen molar-refractivity contribution in [2.75, 3.05) is 18.4 Å². The molecule has 0 spiro atoms. The van der Waals surface area contributed by atoms with Crippen molar-refractivity contribution in [2.24, 2.45) is 5.92 Å². The quantitative estimate of drug-likeness (QED) is 0.822. The maximum Gasteiger partial charge on any atom is 0.410 e. The van der Waals surface area contributed by atoms with E-state index in [2.05, 4.69) is 20.4 Å². The van der Waals surface area contributed by atoms with E-state index in [-0.39, 0.29) is 24.1 Å². The molecule has 1 aliphatic rings. The van der Waals surface area contributed by atoms with Crippen LogP contribution in [0.15, 0.2) is 29.5 Å². The third-order valence-corrected chi connectivity index (χ3v) is 4.21. The number of aromatic amines is 1. The molecule has 1 fully saturated rings. The number of ether oxygens (including phenoxy) is 1. The summed E-state index contributed by atoms with van der Waals surface area (Å²) in [6.45, 7) is 6.18. The summed E-state index contributed by atoms with van der Waals surface area (Å²) >= 11 is 0. The average Bonchev–Trinajstić information content (AvgIpc) is 3.17. The van der Waals surface area contributed by atoms with E-state index in [1.807, 2.05) is 0 Å². The maximum absolute atomic E-state index is 12.6. The molecule has 10 nitrogen and oxygen atoms in total. The Bertz CT molecular complexity index is 900. The summed E-state index contributed by atoms with van der Waals surface area (Å²) in [6.07, 6.45) is 5.38. The number of hydrogen-bond donors (Lipinski definition) is 2. The molecule has 1 saturated heterocycles. The lowest BCUT2D eigenvalue weighted by Gasteiger charge is -2.33. The van der Waals surface area contributed by atoms with Crippen LogP contribution in [0.3, 0.4) is 0 Å². The number of amides is 2. The summed E-state index contributed by atoms with van der Waals surface area (Å²) in [5, 5.41) is 6.60.